The molecule has 1 amide bonds. The molecule has 0 bridgehead atoms. The Kier molecular flexibility index (Phi) is 4.47. The van der Waals surface area contributed by atoms with Gasteiger partial charge in [-0.3, -0.25) is 10.1 Å². The Balaban J connectivity index is 1.89. The molecule has 122 valence electrons. The van der Waals surface area contributed by atoms with Gasteiger partial charge in [0.15, 0.2) is 6.10 Å². The van der Waals surface area contributed by atoms with Crippen LogP contribution in [0.5, 0.6) is 0 Å². The number of amides is 1. The van der Waals surface area contributed by atoms with Gasteiger partial charge in [0.05, 0.1) is 6.26 Å². The van der Waals surface area contributed by atoms with Crippen LogP contribution in [-0.4, -0.2) is 81.0 Å². The van der Waals surface area contributed by atoms with Crippen molar-refractivity contribution in [3.63, 3.8) is 0 Å². The summed E-state index contributed by atoms with van der Waals surface area (Å²) in [6.45, 7) is 0.334. The van der Waals surface area contributed by atoms with Crippen molar-refractivity contribution in [2.45, 2.75) is 18.5 Å². The highest BCUT2D eigenvalue weighted by Crippen LogP contribution is 2.25. The summed E-state index contributed by atoms with van der Waals surface area (Å²) in [5, 5.41) is 2.10. The van der Waals surface area contributed by atoms with Gasteiger partial charge in [-0.2, -0.15) is 17.5 Å². The fourth-order valence-electron chi connectivity index (χ4n) is 2.26. The molecule has 21 heavy (non-hydrogen) atoms. The number of alkyl halides is 3. The van der Waals surface area contributed by atoms with Gasteiger partial charge in [0, 0.05) is 32.7 Å². The second-order valence-corrected chi connectivity index (χ2v) is 6.92. The molecule has 0 aliphatic carbocycles. The quantitative estimate of drug-likeness (QED) is 0.700. The molecule has 0 saturated carbocycles. The summed E-state index contributed by atoms with van der Waals surface area (Å²) in [5.41, 5.74) is 0. The number of carbonyl (C=O) groups excluding carboxylic acids is 1. The van der Waals surface area contributed by atoms with Crippen LogP contribution in [0.2, 0.25) is 0 Å². The Morgan fingerprint density at radius 2 is 1.81 bits per heavy atom. The first-order chi connectivity index (χ1) is 9.59. The van der Waals surface area contributed by atoms with Gasteiger partial charge in [-0.15, -0.1) is 0 Å². The number of hydrogen-bond acceptors (Lipinski definition) is 5. The zero-order valence-corrected chi connectivity index (χ0v) is 12.1. The highest BCUT2D eigenvalue weighted by Gasteiger charge is 2.48. The van der Waals surface area contributed by atoms with Gasteiger partial charge in [-0.25, -0.2) is 8.42 Å². The maximum atomic E-state index is 12.4. The average Bonchev–Trinajstić information content (AvgIpc) is 2.86. The van der Waals surface area contributed by atoms with E-state index in [4.69, 9.17) is 0 Å². The molecule has 0 aromatic heterocycles. The minimum absolute atomic E-state index is 0.132. The lowest BCUT2D eigenvalue weighted by Gasteiger charge is -2.34. The standard InChI is InChI=1S/C10H16F3N3O4S/c1-21(18,19)16-4-2-15(3-5-16)8(17)7-6-14-9(20-7)10(11,12)13/h7,9,14H,2-6H2,1H3. The summed E-state index contributed by atoms with van der Waals surface area (Å²) in [6, 6.07) is 0. The number of hydrogen-bond donors (Lipinski definition) is 1. The van der Waals surface area contributed by atoms with Crippen molar-refractivity contribution in [1.82, 2.24) is 14.5 Å². The first-order valence-electron chi connectivity index (χ1n) is 6.28. The smallest absolute Gasteiger partial charge is 0.339 e. The molecule has 7 nitrogen and oxygen atoms in total. The monoisotopic (exact) mass is 331 g/mol. The molecule has 0 radical (unpaired) electrons. The Hall–Kier alpha value is -0.910. The summed E-state index contributed by atoms with van der Waals surface area (Å²) in [6.07, 6.45) is -6.82. The Labute approximate surface area is 120 Å². The normalized spacial score (nSPS) is 28.9. The third-order valence-corrected chi connectivity index (χ3v) is 4.68. The number of piperazine rings is 1. The van der Waals surface area contributed by atoms with E-state index in [1.54, 1.807) is 0 Å². The van der Waals surface area contributed by atoms with Crippen LogP contribution in [0.3, 0.4) is 0 Å². The SMILES string of the molecule is CS(=O)(=O)N1CCN(C(=O)C2CNC(C(F)(F)F)O2)CC1. The van der Waals surface area contributed by atoms with Crippen molar-refractivity contribution >= 4 is 15.9 Å². The van der Waals surface area contributed by atoms with Crippen LogP contribution in [0.4, 0.5) is 13.2 Å². The lowest BCUT2D eigenvalue weighted by atomic mass is 10.2. The Bertz CT molecular complexity index is 502. The summed E-state index contributed by atoms with van der Waals surface area (Å²) in [7, 11) is -3.32. The predicted octanol–water partition coefficient (Wildman–Crippen LogP) is -1.03. The minimum atomic E-state index is -4.57. The molecule has 2 aliphatic heterocycles. The second kappa shape index (κ2) is 5.71. The van der Waals surface area contributed by atoms with Gasteiger partial charge >= 0.3 is 6.18 Å². The zero-order chi connectivity index (χ0) is 15.8. The maximum Gasteiger partial charge on any atom is 0.428 e. The average molecular weight is 331 g/mol. The molecule has 2 unspecified atom stereocenters. The number of halogens is 3. The summed E-state index contributed by atoms with van der Waals surface area (Å²) in [5.74, 6) is -0.553. The van der Waals surface area contributed by atoms with Crippen molar-refractivity contribution in [2.75, 3.05) is 39.0 Å². The van der Waals surface area contributed by atoms with Crippen molar-refractivity contribution < 1.29 is 31.1 Å². The Morgan fingerprint density at radius 1 is 1.24 bits per heavy atom. The van der Waals surface area contributed by atoms with Crippen LogP contribution in [-0.2, 0) is 19.6 Å². The molecular formula is C10H16F3N3O4S. The van der Waals surface area contributed by atoms with Gasteiger partial charge in [0.25, 0.3) is 5.91 Å². The van der Waals surface area contributed by atoms with Crippen LogP contribution >= 0.6 is 0 Å². The van der Waals surface area contributed by atoms with E-state index in [2.05, 4.69) is 10.1 Å². The fourth-order valence-corrected chi connectivity index (χ4v) is 3.08. The third kappa shape index (κ3) is 3.84. The van der Waals surface area contributed by atoms with Gasteiger partial charge in [0.2, 0.25) is 16.3 Å². The van der Waals surface area contributed by atoms with Crippen molar-refractivity contribution in [1.29, 1.82) is 0 Å². The number of nitrogens with one attached hydrogen (secondary N) is 1. The number of nitrogens with zero attached hydrogens (tertiary/aromatic N) is 2. The van der Waals surface area contributed by atoms with Gasteiger partial charge < -0.3 is 9.64 Å². The zero-order valence-electron chi connectivity index (χ0n) is 11.3. The third-order valence-electron chi connectivity index (χ3n) is 3.38. The van der Waals surface area contributed by atoms with Crippen molar-refractivity contribution in [2.24, 2.45) is 0 Å². The Morgan fingerprint density at radius 3 is 2.24 bits per heavy atom. The summed E-state index contributed by atoms with van der Waals surface area (Å²) >= 11 is 0. The number of sulfonamides is 1. The molecule has 0 spiro atoms. The molecule has 2 aliphatic rings. The lowest BCUT2D eigenvalue weighted by molar-refractivity contribution is -0.221. The van der Waals surface area contributed by atoms with Gasteiger partial charge in [0.1, 0.15) is 0 Å². The molecule has 11 heteroatoms. The highest BCUT2D eigenvalue weighted by atomic mass is 32.2. The van der Waals surface area contributed by atoms with E-state index < -0.39 is 34.4 Å². The molecule has 2 rings (SSSR count). The van der Waals surface area contributed by atoms with Crippen molar-refractivity contribution in [3.05, 3.63) is 0 Å². The van der Waals surface area contributed by atoms with E-state index in [1.807, 2.05) is 0 Å². The molecule has 1 N–H and O–H groups in total. The van der Waals surface area contributed by atoms with E-state index in [0.29, 0.717) is 0 Å². The van der Waals surface area contributed by atoms with Crippen LogP contribution in [0, 0.1) is 0 Å². The predicted molar refractivity (Wildman–Crippen MR) is 65.7 cm³/mol. The van der Waals surface area contributed by atoms with E-state index in [1.165, 1.54) is 9.21 Å². The van der Waals surface area contributed by atoms with Gasteiger partial charge in [-0.1, -0.05) is 0 Å². The molecule has 2 heterocycles. The van der Waals surface area contributed by atoms with Gasteiger partial charge in [-0.05, 0) is 0 Å². The number of rotatable bonds is 2. The number of carbonyl (C=O) groups is 1. The molecule has 0 aromatic carbocycles. The summed E-state index contributed by atoms with van der Waals surface area (Å²) in [4.78, 5) is 13.4. The lowest BCUT2D eigenvalue weighted by Crippen LogP contribution is -2.53. The van der Waals surface area contributed by atoms with Crippen molar-refractivity contribution in [3.8, 4) is 0 Å². The fraction of sp³-hybridized carbons (Fsp3) is 0.900. The number of ether oxygens (including phenoxy) is 1. The molecule has 2 saturated heterocycles. The molecule has 2 atom stereocenters. The van der Waals surface area contributed by atoms with Crippen LogP contribution in [0.15, 0.2) is 0 Å². The highest BCUT2D eigenvalue weighted by molar-refractivity contribution is 7.88. The van der Waals surface area contributed by atoms with E-state index in [-0.39, 0.29) is 32.7 Å². The van der Waals surface area contributed by atoms with E-state index >= 15 is 0 Å². The van der Waals surface area contributed by atoms with Crippen LogP contribution in [0.25, 0.3) is 0 Å². The van der Waals surface area contributed by atoms with E-state index in [9.17, 15) is 26.4 Å². The van der Waals surface area contributed by atoms with E-state index in [0.717, 1.165) is 6.26 Å². The maximum absolute atomic E-state index is 12.4. The van der Waals surface area contributed by atoms with Crippen LogP contribution < -0.4 is 5.32 Å². The molecular weight excluding hydrogens is 315 g/mol. The largest absolute Gasteiger partial charge is 0.428 e. The molecule has 2 fully saturated rings. The van der Waals surface area contributed by atoms with Crippen LogP contribution in [0.1, 0.15) is 0 Å². The second-order valence-electron chi connectivity index (χ2n) is 4.94. The molecule has 0 aromatic rings. The first-order valence-corrected chi connectivity index (χ1v) is 8.13. The minimum Gasteiger partial charge on any atom is -0.339 e. The topological polar surface area (TPSA) is 79.0 Å². The summed E-state index contributed by atoms with van der Waals surface area (Å²) < 4.78 is 65.9. The first kappa shape index (κ1) is 16.5.